The van der Waals surface area contributed by atoms with Crippen molar-refractivity contribution in [2.75, 3.05) is 42.6 Å². The average molecular weight is 1830 g/mol. The lowest BCUT2D eigenvalue weighted by Crippen LogP contribution is -2.22. The van der Waals surface area contributed by atoms with E-state index >= 15 is 0 Å². The number of H-pyrrole nitrogens is 2. The molecule has 16 aromatic rings. The van der Waals surface area contributed by atoms with Crippen LogP contribution in [0, 0.1) is 0 Å². The number of carbonyl (C=O) groups excluding carboxylic acids is 8. The van der Waals surface area contributed by atoms with Gasteiger partial charge in [-0.2, -0.15) is 10.1 Å². The van der Waals surface area contributed by atoms with E-state index in [1.54, 1.807) is 127 Å². The maximum Gasteiger partial charge on any atom is 0.270 e. The molecule has 0 aliphatic heterocycles. The molecule has 38 heteroatoms. The molecule has 0 aliphatic carbocycles. The zero-order valence-electron chi connectivity index (χ0n) is 63.3. The number of hydrogen-bond donors (Lipinski definition) is 10. The Morgan fingerprint density at radius 1 is 0.306 bits per heavy atom. The summed E-state index contributed by atoms with van der Waals surface area (Å²) in [7, 11) is 0. The third-order valence-electron chi connectivity index (χ3n) is 17.2. The van der Waals surface area contributed by atoms with E-state index in [0.717, 1.165) is 0 Å². The smallest absolute Gasteiger partial charge is 0.270 e. The summed E-state index contributed by atoms with van der Waals surface area (Å²) in [6.45, 7) is 0. The lowest BCUT2D eigenvalue weighted by atomic mass is 10.1. The van der Waals surface area contributed by atoms with Gasteiger partial charge in [-0.05, 0) is 194 Å². The van der Waals surface area contributed by atoms with Crippen molar-refractivity contribution in [2.45, 2.75) is 0 Å². The Bertz CT molecular complexity index is 5770. The molecule has 8 heterocycles. The van der Waals surface area contributed by atoms with Gasteiger partial charge in [0.15, 0.2) is 5.13 Å². The van der Waals surface area contributed by atoms with Crippen LogP contribution in [0.4, 0.5) is 39.8 Å². The van der Waals surface area contributed by atoms with E-state index in [-0.39, 0.29) is 65.3 Å². The van der Waals surface area contributed by atoms with Crippen molar-refractivity contribution >= 4 is 191 Å². The van der Waals surface area contributed by atoms with E-state index in [0.29, 0.717) is 110 Å². The minimum atomic E-state index is -0.441. The molecular formula is C86H57Cl8N21O8S. The minimum Gasteiger partial charge on any atom is -0.331 e. The molecule has 16 rings (SSSR count). The number of halogens is 8. The van der Waals surface area contributed by atoms with Crippen LogP contribution in [-0.2, 0) is 0 Å². The fourth-order valence-electron chi connectivity index (χ4n) is 11.3. The van der Waals surface area contributed by atoms with Gasteiger partial charge in [0, 0.05) is 116 Å². The van der Waals surface area contributed by atoms with Gasteiger partial charge in [-0.3, -0.25) is 79.7 Å². The van der Waals surface area contributed by atoms with Gasteiger partial charge < -0.3 is 26.3 Å². The predicted octanol–water partition coefficient (Wildman–Crippen LogP) is 20.3. The van der Waals surface area contributed by atoms with Crippen molar-refractivity contribution in [3.63, 3.8) is 0 Å². The van der Waals surface area contributed by atoms with Gasteiger partial charge in [0.1, 0.15) is 19.0 Å². The summed E-state index contributed by atoms with van der Waals surface area (Å²) >= 11 is 51.5. The largest absolute Gasteiger partial charge is 0.331 e. The first-order valence-electron chi connectivity index (χ1n) is 36.2. The number of hydrogen-bond acceptors (Lipinski definition) is 19. The summed E-state index contributed by atoms with van der Waals surface area (Å²) in [4.78, 5) is 132. The van der Waals surface area contributed by atoms with Gasteiger partial charge in [-0.1, -0.05) is 117 Å². The number of nitrogens with zero attached hydrogens (tertiary/aromatic N) is 11. The summed E-state index contributed by atoms with van der Waals surface area (Å²) in [5.41, 5.74) is 12.2. The Balaban J connectivity index is 0.000000142. The molecule has 8 amide bonds. The first-order valence-corrected chi connectivity index (χ1v) is 40.1. The van der Waals surface area contributed by atoms with Crippen molar-refractivity contribution in [1.29, 1.82) is 0 Å². The van der Waals surface area contributed by atoms with Crippen molar-refractivity contribution in [3.05, 3.63) is 371 Å². The van der Waals surface area contributed by atoms with Crippen LogP contribution in [-0.4, -0.2) is 112 Å². The molecule has 124 heavy (non-hydrogen) atoms. The van der Waals surface area contributed by atoms with Crippen molar-refractivity contribution in [1.82, 2.24) is 64.9 Å². The number of benzene rings is 8. The lowest BCUT2D eigenvalue weighted by molar-refractivity contribution is 0.1000. The maximum absolute atomic E-state index is 12.8. The predicted molar refractivity (Wildman–Crippen MR) is 481 cm³/mol. The van der Waals surface area contributed by atoms with Crippen LogP contribution in [0.1, 0.15) is 82.9 Å². The van der Waals surface area contributed by atoms with E-state index in [9.17, 15) is 38.4 Å². The van der Waals surface area contributed by atoms with Crippen molar-refractivity contribution in [2.24, 2.45) is 0 Å². The third kappa shape index (κ3) is 23.2. The Morgan fingerprint density at radius 3 is 0.952 bits per heavy atom. The Kier molecular flexibility index (Phi) is 29.4. The molecule has 8 aromatic carbocycles. The number of aromatic amines is 2. The van der Waals surface area contributed by atoms with E-state index in [4.69, 9.17) is 92.8 Å². The highest BCUT2D eigenvalue weighted by Crippen LogP contribution is 2.36. The van der Waals surface area contributed by atoms with E-state index in [1.165, 1.54) is 114 Å². The van der Waals surface area contributed by atoms with Crippen molar-refractivity contribution < 1.29 is 38.4 Å². The second kappa shape index (κ2) is 41.7. The normalized spacial score (nSPS) is 10.5. The fraction of sp³-hybridized carbons (Fsp3) is 0. The van der Waals surface area contributed by atoms with Gasteiger partial charge in [0.25, 0.3) is 47.3 Å². The first kappa shape index (κ1) is 87.4. The highest BCUT2D eigenvalue weighted by Gasteiger charge is 2.22. The topological polar surface area (TPSA) is 398 Å². The highest BCUT2D eigenvalue weighted by molar-refractivity contribution is 7.13. The third-order valence-corrected chi connectivity index (χ3v) is 20.5. The van der Waals surface area contributed by atoms with Crippen LogP contribution in [0.3, 0.4) is 0 Å². The molecule has 10 N–H and O–H groups in total. The fourth-order valence-corrected chi connectivity index (χ4v) is 13.7. The number of carbonyl (C=O) groups is 8. The molecule has 0 fully saturated rings. The molecule has 29 nitrogen and oxygen atoms in total. The number of rotatable bonds is 20. The zero-order chi connectivity index (χ0) is 87.2. The minimum absolute atomic E-state index is 0.127. The SMILES string of the molecule is O=C(Nc1ncc[nH]1)c1ccc(C(=O)Nc2ccc(Cl)c(-c3ccccn3)c2)c(Cl)c1.O=C(Nc1nccs1)c1ccc(C(=O)Nc2ccc(Cl)c(-c3ccccn3)c2)c(Cl)c1.O=C(Nc1ncn[nH]1)c1ccc(C(=O)Nc2ccc(Cl)c(-c3ccccn3)c2)c(Cl)c1.O=C(Nn1cnnc1)c1ccc(C(=O)Nc2ccc(Cl)c(-c3ccccn3)c2)c(Cl)c1. The van der Waals surface area contributed by atoms with Gasteiger partial charge in [-0.15, -0.1) is 21.5 Å². The molecule has 0 unspecified atom stereocenters. The first-order chi connectivity index (χ1) is 60.0. The summed E-state index contributed by atoms with van der Waals surface area (Å²) in [5.74, 6) is -2.79. The number of anilines is 7. The van der Waals surface area contributed by atoms with Crippen LogP contribution in [0.25, 0.3) is 45.0 Å². The van der Waals surface area contributed by atoms with E-state index < -0.39 is 41.4 Å². The molecule has 8 aromatic heterocycles. The average Bonchev–Trinajstić information content (AvgIpc) is 1.52. The van der Waals surface area contributed by atoms with Crippen LogP contribution in [0.15, 0.2) is 286 Å². The van der Waals surface area contributed by atoms with E-state index in [2.05, 4.69) is 103 Å². The van der Waals surface area contributed by atoms with Gasteiger partial charge in [0.2, 0.25) is 11.9 Å². The summed E-state index contributed by atoms with van der Waals surface area (Å²) in [6, 6.07) is 60.1. The van der Waals surface area contributed by atoms with Gasteiger partial charge in [-0.25, -0.2) is 19.7 Å². The maximum atomic E-state index is 12.8. The number of nitrogens with one attached hydrogen (secondary N) is 10. The molecule has 0 bridgehead atoms. The van der Waals surface area contributed by atoms with Crippen LogP contribution < -0.4 is 42.6 Å². The van der Waals surface area contributed by atoms with Gasteiger partial charge in [0.05, 0.1) is 85.2 Å². The molecule has 616 valence electrons. The monoisotopic (exact) mass is 1820 g/mol. The zero-order valence-corrected chi connectivity index (χ0v) is 70.1. The standard InChI is InChI=1S/C22H15Cl2N5O2.C22H14Cl2N4O2S.2C21H14Cl2N6O2/c23-17-7-5-14(12-16(17)19-3-1-2-8-25-19)28-21(31)15-6-4-13(11-18(15)24)20(30)29-22-26-9-10-27-22;23-17-7-5-14(12-16(17)19-3-1-2-8-25-19)27-21(30)15-6-4-13(11-18(15)24)20(29)28-22-26-9-10-31-22;22-17-7-5-14(10-16(17)19-3-1-2-8-24-19)27-21(31)15-6-4-13(9-18(15)23)20(30)28-29-11-25-26-12-29;22-16-7-5-13(10-15(16)18-3-1-2-8-24-18)27-20(31)14-6-4-12(9-17(14)23)19(30)28-21-25-11-26-29-21/h1-12H,(H,28,31)(H2,26,27,29,30);1-12H,(H,27,30)(H,26,28,29);1-12H,(H,27,31)(H,28,30);1-11H,(H,27,31)(H2,25,26,28,29,30). The summed E-state index contributed by atoms with van der Waals surface area (Å²) in [6.07, 6.45) is 15.3. The van der Waals surface area contributed by atoms with Crippen LogP contribution in [0.5, 0.6) is 0 Å². The van der Waals surface area contributed by atoms with E-state index in [1.807, 2.05) is 60.7 Å². The summed E-state index contributed by atoms with van der Waals surface area (Å²) in [5, 5.41) is 37.2. The number of pyridine rings is 4. The second-order valence-corrected chi connectivity index (χ2v) is 29.7. The molecule has 0 atom stereocenters. The number of thiazole rings is 1. The Hall–Kier alpha value is -14.4. The summed E-state index contributed by atoms with van der Waals surface area (Å²) < 4.78 is 1.30. The highest BCUT2D eigenvalue weighted by atomic mass is 35.5. The Labute approximate surface area is 747 Å². The quantitative estimate of drug-likeness (QED) is 0.0339. The van der Waals surface area contributed by atoms with Crippen LogP contribution in [0.2, 0.25) is 40.2 Å². The number of imidazole rings is 1. The molecule has 0 spiro atoms. The van der Waals surface area contributed by atoms with Crippen LogP contribution >= 0.6 is 104 Å². The molecule has 0 aliphatic rings. The number of amides is 8. The molecule has 0 saturated heterocycles. The van der Waals surface area contributed by atoms with Crippen molar-refractivity contribution in [3.8, 4) is 45.0 Å². The lowest BCUT2D eigenvalue weighted by Gasteiger charge is -2.11. The Morgan fingerprint density at radius 2 is 0.653 bits per heavy atom. The molecule has 0 radical (unpaired) electrons. The molecular weight excluding hydrogens is 1770 g/mol. The second-order valence-electron chi connectivity index (χ2n) is 25.5. The molecule has 0 saturated carbocycles. The number of aromatic nitrogens is 13. The van der Waals surface area contributed by atoms with Gasteiger partial charge >= 0.3 is 0 Å².